The molecule has 1 atom stereocenters. The first-order valence-electron chi connectivity index (χ1n) is 6.55. The largest absolute Gasteiger partial charge is 0.353 e. The van der Waals surface area contributed by atoms with Crippen LogP contribution in [0.4, 0.5) is 5.82 Å². The summed E-state index contributed by atoms with van der Waals surface area (Å²) >= 11 is 6.17. The highest BCUT2D eigenvalue weighted by atomic mass is 35.5. The summed E-state index contributed by atoms with van der Waals surface area (Å²) in [4.78, 5) is 9.08. The number of hydrogen-bond donors (Lipinski definition) is 1. The minimum Gasteiger partial charge on any atom is -0.353 e. The van der Waals surface area contributed by atoms with Crippen molar-refractivity contribution in [2.45, 2.75) is 19.4 Å². The Morgan fingerprint density at radius 3 is 2.67 bits per heavy atom. The number of nitrogens with two attached hydrogens (primary N) is 1. The molecule has 0 aromatic carbocycles. The standard InChI is InChI=1S/C13H21ClN4/c1-2-11(10-15)17-6-8-18(9-7-17)13-12(14)4-3-5-16-13/h3-5,11H,2,6-10,15H2,1H3. The van der Waals surface area contributed by atoms with Crippen LogP contribution >= 0.6 is 11.6 Å². The van der Waals surface area contributed by atoms with E-state index in [1.165, 1.54) is 0 Å². The van der Waals surface area contributed by atoms with Crippen molar-refractivity contribution in [2.24, 2.45) is 5.73 Å². The van der Waals surface area contributed by atoms with E-state index in [4.69, 9.17) is 17.3 Å². The van der Waals surface area contributed by atoms with Gasteiger partial charge in [0.25, 0.3) is 0 Å². The Morgan fingerprint density at radius 2 is 2.11 bits per heavy atom. The third-order valence-corrected chi connectivity index (χ3v) is 3.91. The van der Waals surface area contributed by atoms with Gasteiger partial charge in [-0.25, -0.2) is 4.98 Å². The fourth-order valence-electron chi connectivity index (χ4n) is 2.48. The summed E-state index contributed by atoms with van der Waals surface area (Å²) in [7, 11) is 0. The minimum absolute atomic E-state index is 0.506. The molecule has 0 spiro atoms. The van der Waals surface area contributed by atoms with E-state index < -0.39 is 0 Å². The molecule has 0 amide bonds. The van der Waals surface area contributed by atoms with Crippen molar-refractivity contribution < 1.29 is 0 Å². The second kappa shape index (κ2) is 6.36. The lowest BCUT2D eigenvalue weighted by molar-refractivity contribution is 0.184. The van der Waals surface area contributed by atoms with Crippen LogP contribution in [-0.4, -0.2) is 48.6 Å². The molecule has 1 aromatic heterocycles. The van der Waals surface area contributed by atoms with Crippen LogP contribution in [-0.2, 0) is 0 Å². The van der Waals surface area contributed by atoms with Gasteiger partial charge >= 0.3 is 0 Å². The third kappa shape index (κ3) is 2.94. The molecule has 0 aliphatic carbocycles. The summed E-state index contributed by atoms with van der Waals surface area (Å²) < 4.78 is 0. The van der Waals surface area contributed by atoms with E-state index in [2.05, 4.69) is 21.7 Å². The lowest BCUT2D eigenvalue weighted by atomic mass is 10.1. The Kier molecular flexibility index (Phi) is 4.80. The van der Waals surface area contributed by atoms with Gasteiger partial charge in [-0.2, -0.15) is 0 Å². The van der Waals surface area contributed by atoms with Gasteiger partial charge in [-0.05, 0) is 18.6 Å². The molecule has 5 heteroatoms. The second-order valence-electron chi connectivity index (χ2n) is 4.63. The van der Waals surface area contributed by atoms with Gasteiger partial charge in [-0.15, -0.1) is 0 Å². The van der Waals surface area contributed by atoms with E-state index in [0.717, 1.165) is 50.0 Å². The van der Waals surface area contributed by atoms with Crippen molar-refractivity contribution in [3.05, 3.63) is 23.4 Å². The highest BCUT2D eigenvalue weighted by Gasteiger charge is 2.23. The molecule has 2 heterocycles. The molecular formula is C13H21ClN4. The predicted octanol–water partition coefficient (Wildman–Crippen LogP) is 1.59. The first-order chi connectivity index (χ1) is 8.76. The Bertz CT molecular complexity index is 373. The van der Waals surface area contributed by atoms with E-state index in [9.17, 15) is 0 Å². The molecule has 1 fully saturated rings. The number of anilines is 1. The number of halogens is 1. The zero-order chi connectivity index (χ0) is 13.0. The molecule has 4 nitrogen and oxygen atoms in total. The summed E-state index contributed by atoms with van der Waals surface area (Å²) in [6.45, 7) is 6.92. The molecule has 1 aliphatic rings. The van der Waals surface area contributed by atoms with Crippen molar-refractivity contribution in [2.75, 3.05) is 37.6 Å². The maximum absolute atomic E-state index is 6.17. The maximum atomic E-state index is 6.17. The zero-order valence-corrected chi connectivity index (χ0v) is 11.6. The van der Waals surface area contributed by atoms with Gasteiger partial charge in [0, 0.05) is 45.0 Å². The van der Waals surface area contributed by atoms with Crippen LogP contribution in [0.25, 0.3) is 0 Å². The molecule has 1 unspecified atom stereocenters. The molecule has 18 heavy (non-hydrogen) atoms. The minimum atomic E-state index is 0.506. The Morgan fingerprint density at radius 1 is 1.39 bits per heavy atom. The molecule has 1 aliphatic heterocycles. The van der Waals surface area contributed by atoms with Gasteiger partial charge < -0.3 is 10.6 Å². The van der Waals surface area contributed by atoms with Gasteiger partial charge in [-0.3, -0.25) is 4.90 Å². The first kappa shape index (κ1) is 13.6. The number of nitrogens with zero attached hydrogens (tertiary/aromatic N) is 3. The Labute approximate surface area is 114 Å². The van der Waals surface area contributed by atoms with Crippen LogP contribution in [0.1, 0.15) is 13.3 Å². The smallest absolute Gasteiger partial charge is 0.147 e. The van der Waals surface area contributed by atoms with Crippen molar-refractivity contribution in [3.8, 4) is 0 Å². The SMILES string of the molecule is CCC(CN)N1CCN(c2ncccc2Cl)CC1. The Hall–Kier alpha value is -0.840. The number of piperazine rings is 1. The van der Waals surface area contributed by atoms with E-state index in [0.29, 0.717) is 6.04 Å². The summed E-state index contributed by atoms with van der Waals surface area (Å²) in [6.07, 6.45) is 2.91. The molecule has 2 rings (SSSR count). The quantitative estimate of drug-likeness (QED) is 0.901. The highest BCUT2D eigenvalue weighted by Crippen LogP contribution is 2.23. The maximum Gasteiger partial charge on any atom is 0.147 e. The predicted molar refractivity (Wildman–Crippen MR) is 76.2 cm³/mol. The first-order valence-corrected chi connectivity index (χ1v) is 6.93. The van der Waals surface area contributed by atoms with Gasteiger partial charge in [0.05, 0.1) is 5.02 Å². The fourth-order valence-corrected chi connectivity index (χ4v) is 2.72. The number of aromatic nitrogens is 1. The monoisotopic (exact) mass is 268 g/mol. The van der Waals surface area contributed by atoms with Gasteiger partial charge in [-0.1, -0.05) is 18.5 Å². The number of rotatable bonds is 4. The molecule has 2 N–H and O–H groups in total. The molecule has 0 radical (unpaired) electrons. The van der Waals surface area contributed by atoms with E-state index in [1.54, 1.807) is 6.20 Å². The van der Waals surface area contributed by atoms with E-state index in [-0.39, 0.29) is 0 Å². The van der Waals surface area contributed by atoms with Crippen LogP contribution < -0.4 is 10.6 Å². The number of pyridine rings is 1. The van der Waals surface area contributed by atoms with Crippen molar-refractivity contribution in [3.63, 3.8) is 0 Å². The lowest BCUT2D eigenvalue weighted by Gasteiger charge is -2.39. The van der Waals surface area contributed by atoms with Crippen molar-refractivity contribution in [1.82, 2.24) is 9.88 Å². The van der Waals surface area contributed by atoms with Gasteiger partial charge in [0.1, 0.15) is 5.82 Å². The molecule has 1 saturated heterocycles. The topological polar surface area (TPSA) is 45.4 Å². The summed E-state index contributed by atoms with van der Waals surface area (Å²) in [5, 5.41) is 0.733. The normalized spacial score (nSPS) is 18.9. The van der Waals surface area contributed by atoms with Crippen LogP contribution in [0, 0.1) is 0 Å². The van der Waals surface area contributed by atoms with Crippen molar-refractivity contribution >= 4 is 17.4 Å². The third-order valence-electron chi connectivity index (χ3n) is 3.61. The fraction of sp³-hybridized carbons (Fsp3) is 0.615. The van der Waals surface area contributed by atoms with Crippen molar-refractivity contribution in [1.29, 1.82) is 0 Å². The summed E-state index contributed by atoms with van der Waals surface area (Å²) in [6, 6.07) is 4.26. The highest BCUT2D eigenvalue weighted by molar-refractivity contribution is 6.32. The van der Waals surface area contributed by atoms with Crippen LogP contribution in [0.15, 0.2) is 18.3 Å². The van der Waals surface area contributed by atoms with Gasteiger partial charge in [0.2, 0.25) is 0 Å². The average molecular weight is 269 g/mol. The van der Waals surface area contributed by atoms with Crippen LogP contribution in [0.5, 0.6) is 0 Å². The molecular weight excluding hydrogens is 248 g/mol. The second-order valence-corrected chi connectivity index (χ2v) is 5.04. The van der Waals surface area contributed by atoms with Crippen LogP contribution in [0.2, 0.25) is 5.02 Å². The summed E-state index contributed by atoms with van der Waals surface area (Å²) in [5.41, 5.74) is 5.80. The molecule has 1 aromatic rings. The van der Waals surface area contributed by atoms with E-state index >= 15 is 0 Å². The molecule has 0 bridgehead atoms. The van der Waals surface area contributed by atoms with Gasteiger partial charge in [0.15, 0.2) is 0 Å². The van der Waals surface area contributed by atoms with E-state index in [1.807, 2.05) is 12.1 Å². The van der Waals surface area contributed by atoms with Crippen LogP contribution in [0.3, 0.4) is 0 Å². The molecule has 100 valence electrons. The Balaban J connectivity index is 1.96. The molecule has 0 saturated carbocycles. The zero-order valence-electron chi connectivity index (χ0n) is 10.8. The summed E-state index contributed by atoms with van der Waals surface area (Å²) in [5.74, 6) is 0.902. The number of hydrogen-bond acceptors (Lipinski definition) is 4. The lowest BCUT2D eigenvalue weighted by Crippen LogP contribution is -2.52. The average Bonchev–Trinajstić information content (AvgIpc) is 2.42.